The van der Waals surface area contributed by atoms with Gasteiger partial charge in [0.25, 0.3) is 5.91 Å². The van der Waals surface area contributed by atoms with Gasteiger partial charge in [-0.05, 0) is 36.8 Å². The number of benzene rings is 2. The summed E-state index contributed by atoms with van der Waals surface area (Å²) in [4.78, 5) is 47.8. The third-order valence-corrected chi connectivity index (χ3v) is 3.82. The predicted octanol–water partition coefficient (Wildman–Crippen LogP) is 2.36. The Morgan fingerprint density at radius 2 is 1.54 bits per heavy atom. The summed E-state index contributed by atoms with van der Waals surface area (Å²) in [6.45, 7) is 1.17. The molecule has 0 saturated heterocycles. The molecule has 1 amide bonds. The van der Waals surface area contributed by atoms with Crippen molar-refractivity contribution < 1.29 is 33.4 Å². The van der Waals surface area contributed by atoms with Gasteiger partial charge >= 0.3 is 17.9 Å². The number of amides is 1. The molecule has 2 aromatic carbocycles. The van der Waals surface area contributed by atoms with Crippen molar-refractivity contribution in [1.29, 1.82) is 0 Å². The molecule has 0 atom stereocenters. The number of nitrogens with one attached hydrogen (secondary N) is 1. The molecule has 0 saturated carbocycles. The van der Waals surface area contributed by atoms with Crippen LogP contribution in [0.25, 0.3) is 0 Å². The summed E-state index contributed by atoms with van der Waals surface area (Å²) >= 11 is 0. The highest BCUT2D eigenvalue weighted by atomic mass is 16.5. The van der Waals surface area contributed by atoms with Crippen molar-refractivity contribution in [3.63, 3.8) is 0 Å². The molecule has 0 bridgehead atoms. The van der Waals surface area contributed by atoms with E-state index in [1.165, 1.54) is 32.4 Å². The third kappa shape index (κ3) is 4.94. The molecule has 146 valence electrons. The van der Waals surface area contributed by atoms with Crippen LogP contribution in [-0.4, -0.2) is 44.6 Å². The molecule has 0 aliphatic carbocycles. The molecule has 2 rings (SSSR count). The molecule has 0 heterocycles. The van der Waals surface area contributed by atoms with Crippen LogP contribution in [0, 0.1) is 6.92 Å². The van der Waals surface area contributed by atoms with E-state index in [9.17, 15) is 19.2 Å². The Bertz CT molecular complexity index is 921. The molecule has 0 aliphatic heterocycles. The first-order valence-electron chi connectivity index (χ1n) is 8.20. The van der Waals surface area contributed by atoms with Crippen molar-refractivity contribution in [3.8, 4) is 0 Å². The van der Waals surface area contributed by atoms with Crippen molar-refractivity contribution in [3.05, 3.63) is 64.7 Å². The summed E-state index contributed by atoms with van der Waals surface area (Å²) in [6.07, 6.45) is 0. The molecule has 0 aliphatic rings. The lowest BCUT2D eigenvalue weighted by Gasteiger charge is -2.12. The Balaban J connectivity index is 2.13. The van der Waals surface area contributed by atoms with Crippen LogP contribution in [0.1, 0.15) is 36.6 Å². The number of hydrogen-bond acceptors (Lipinski definition) is 7. The summed E-state index contributed by atoms with van der Waals surface area (Å²) in [5, 5.41) is 2.44. The van der Waals surface area contributed by atoms with Gasteiger partial charge in [0.2, 0.25) is 0 Å². The Morgan fingerprint density at radius 1 is 0.857 bits per heavy atom. The minimum atomic E-state index is -0.705. The van der Waals surface area contributed by atoms with Crippen LogP contribution < -0.4 is 5.32 Å². The minimum absolute atomic E-state index is 0.0340. The molecule has 0 radical (unpaired) electrons. The van der Waals surface area contributed by atoms with Crippen LogP contribution in [0.5, 0.6) is 0 Å². The van der Waals surface area contributed by atoms with E-state index in [0.717, 1.165) is 0 Å². The molecule has 28 heavy (non-hydrogen) atoms. The Labute approximate surface area is 161 Å². The SMILES string of the molecule is COC(=O)c1ccc(C(=O)OC)c(NC(=O)COC(=O)c2ccccc2C)c1. The molecule has 8 nitrogen and oxygen atoms in total. The van der Waals surface area contributed by atoms with E-state index in [4.69, 9.17) is 4.74 Å². The number of carbonyl (C=O) groups excluding carboxylic acids is 4. The highest BCUT2D eigenvalue weighted by molar-refractivity contribution is 6.04. The average molecular weight is 385 g/mol. The van der Waals surface area contributed by atoms with Gasteiger partial charge in [-0.2, -0.15) is 0 Å². The second-order valence-corrected chi connectivity index (χ2v) is 5.68. The molecule has 0 unspecified atom stereocenters. The molecular formula is C20H19NO7. The molecule has 8 heteroatoms. The van der Waals surface area contributed by atoms with Gasteiger partial charge in [0.05, 0.1) is 36.6 Å². The number of ether oxygens (including phenoxy) is 3. The van der Waals surface area contributed by atoms with Crippen molar-refractivity contribution in [2.75, 3.05) is 26.1 Å². The molecule has 0 fully saturated rings. The number of aryl methyl sites for hydroxylation is 1. The van der Waals surface area contributed by atoms with Crippen molar-refractivity contribution >= 4 is 29.5 Å². The maximum absolute atomic E-state index is 12.2. The summed E-state index contributed by atoms with van der Waals surface area (Å²) in [5.74, 6) is -2.68. The number of carbonyl (C=O) groups is 4. The van der Waals surface area contributed by atoms with Crippen LogP contribution in [0.4, 0.5) is 5.69 Å². The standard InChI is InChI=1S/C20H19NO7/c1-12-6-4-5-7-14(12)20(25)28-11-17(22)21-16-10-13(18(23)26-2)8-9-15(16)19(24)27-3/h4-10H,11H2,1-3H3,(H,21,22). The molecular weight excluding hydrogens is 366 g/mol. The first-order valence-corrected chi connectivity index (χ1v) is 8.20. The Morgan fingerprint density at radius 3 is 2.18 bits per heavy atom. The van der Waals surface area contributed by atoms with Crippen molar-refractivity contribution in [2.45, 2.75) is 6.92 Å². The zero-order valence-electron chi connectivity index (χ0n) is 15.6. The van der Waals surface area contributed by atoms with E-state index in [0.29, 0.717) is 11.1 Å². The van der Waals surface area contributed by atoms with Gasteiger partial charge in [-0.1, -0.05) is 18.2 Å². The monoisotopic (exact) mass is 385 g/mol. The van der Waals surface area contributed by atoms with Crippen LogP contribution >= 0.6 is 0 Å². The fourth-order valence-electron chi connectivity index (χ4n) is 2.38. The summed E-state index contributed by atoms with van der Waals surface area (Å²) in [7, 11) is 2.39. The van der Waals surface area contributed by atoms with Crippen molar-refractivity contribution in [2.24, 2.45) is 0 Å². The first kappa shape index (κ1) is 20.6. The number of anilines is 1. The van der Waals surface area contributed by atoms with Crippen LogP contribution in [0.15, 0.2) is 42.5 Å². The summed E-state index contributed by atoms with van der Waals surface area (Å²) in [5.41, 5.74) is 1.26. The third-order valence-electron chi connectivity index (χ3n) is 3.82. The van der Waals surface area contributed by atoms with Gasteiger partial charge in [0.15, 0.2) is 6.61 Å². The lowest BCUT2D eigenvalue weighted by molar-refractivity contribution is -0.119. The average Bonchev–Trinajstić information content (AvgIpc) is 2.71. The quantitative estimate of drug-likeness (QED) is 0.601. The van der Waals surface area contributed by atoms with Gasteiger partial charge < -0.3 is 19.5 Å². The van der Waals surface area contributed by atoms with Gasteiger partial charge in [0, 0.05) is 0 Å². The Kier molecular flexibility index (Phi) is 6.86. The lowest BCUT2D eigenvalue weighted by atomic mass is 10.1. The maximum Gasteiger partial charge on any atom is 0.339 e. The van der Waals surface area contributed by atoms with Gasteiger partial charge in [0.1, 0.15) is 0 Å². The fourth-order valence-corrected chi connectivity index (χ4v) is 2.38. The lowest BCUT2D eigenvalue weighted by Crippen LogP contribution is -2.23. The smallest absolute Gasteiger partial charge is 0.339 e. The predicted molar refractivity (Wildman–Crippen MR) is 99.2 cm³/mol. The van der Waals surface area contributed by atoms with Crippen LogP contribution in [-0.2, 0) is 19.0 Å². The topological polar surface area (TPSA) is 108 Å². The summed E-state index contributed by atoms with van der Waals surface area (Å²) < 4.78 is 14.3. The zero-order chi connectivity index (χ0) is 20.7. The van der Waals surface area contributed by atoms with E-state index >= 15 is 0 Å². The second-order valence-electron chi connectivity index (χ2n) is 5.68. The number of rotatable bonds is 6. The van der Waals surface area contributed by atoms with E-state index < -0.39 is 30.4 Å². The Hall–Kier alpha value is -3.68. The van der Waals surface area contributed by atoms with E-state index in [2.05, 4.69) is 14.8 Å². The zero-order valence-corrected chi connectivity index (χ0v) is 15.6. The number of esters is 3. The summed E-state index contributed by atoms with van der Waals surface area (Å²) in [6, 6.07) is 10.8. The van der Waals surface area contributed by atoms with Gasteiger partial charge in [-0.25, -0.2) is 14.4 Å². The highest BCUT2D eigenvalue weighted by Gasteiger charge is 2.18. The first-order chi connectivity index (χ1) is 13.4. The maximum atomic E-state index is 12.2. The van der Waals surface area contributed by atoms with Crippen LogP contribution in [0.3, 0.4) is 0 Å². The fraction of sp³-hybridized carbons (Fsp3) is 0.200. The largest absolute Gasteiger partial charge is 0.465 e. The normalized spacial score (nSPS) is 9.96. The van der Waals surface area contributed by atoms with Crippen LogP contribution in [0.2, 0.25) is 0 Å². The molecule has 0 spiro atoms. The number of methoxy groups -OCH3 is 2. The minimum Gasteiger partial charge on any atom is -0.465 e. The van der Waals surface area contributed by atoms with E-state index in [-0.39, 0.29) is 16.8 Å². The van der Waals surface area contributed by atoms with E-state index in [1.54, 1.807) is 31.2 Å². The number of hydrogen-bond donors (Lipinski definition) is 1. The molecule has 2 aromatic rings. The van der Waals surface area contributed by atoms with E-state index in [1.807, 2.05) is 0 Å². The van der Waals surface area contributed by atoms with Gasteiger partial charge in [-0.15, -0.1) is 0 Å². The highest BCUT2D eigenvalue weighted by Crippen LogP contribution is 2.20. The second kappa shape index (κ2) is 9.31. The molecule has 0 aromatic heterocycles. The van der Waals surface area contributed by atoms with Crippen molar-refractivity contribution in [1.82, 2.24) is 0 Å². The van der Waals surface area contributed by atoms with Gasteiger partial charge in [-0.3, -0.25) is 4.79 Å². The molecule has 1 N–H and O–H groups in total.